The van der Waals surface area contributed by atoms with Gasteiger partial charge in [-0.15, -0.1) is 0 Å². The number of nitrogens with zero attached hydrogens (tertiary/aromatic N) is 1. The molecule has 100 valence electrons. The predicted molar refractivity (Wildman–Crippen MR) is 70.7 cm³/mol. The van der Waals surface area contributed by atoms with Crippen LogP contribution < -0.4 is 0 Å². The fourth-order valence-electron chi connectivity index (χ4n) is 3.60. The van der Waals surface area contributed by atoms with Gasteiger partial charge in [0.1, 0.15) is 0 Å². The quantitative estimate of drug-likeness (QED) is 0.700. The van der Waals surface area contributed by atoms with Crippen LogP contribution in [0.2, 0.25) is 0 Å². The van der Waals surface area contributed by atoms with Crippen molar-refractivity contribution in [1.29, 1.82) is 0 Å². The van der Waals surface area contributed by atoms with Gasteiger partial charge < -0.3 is 4.90 Å². The van der Waals surface area contributed by atoms with Crippen molar-refractivity contribution in [2.75, 3.05) is 25.9 Å². The summed E-state index contributed by atoms with van der Waals surface area (Å²) in [7, 11) is 3.97. The molecule has 17 heavy (non-hydrogen) atoms. The molecule has 0 aliphatic heterocycles. The number of rotatable bonds is 6. The van der Waals surface area contributed by atoms with Gasteiger partial charge in [0, 0.05) is 17.2 Å². The highest BCUT2D eigenvalue weighted by molar-refractivity contribution is 8.13. The zero-order valence-corrected chi connectivity index (χ0v) is 12.0. The second-order valence-electron chi connectivity index (χ2n) is 5.79. The van der Waals surface area contributed by atoms with E-state index in [0.29, 0.717) is 6.42 Å². The van der Waals surface area contributed by atoms with Gasteiger partial charge in [0.15, 0.2) is 0 Å². The lowest BCUT2D eigenvalue weighted by Gasteiger charge is -2.27. The molecule has 0 amide bonds. The van der Waals surface area contributed by atoms with Crippen molar-refractivity contribution in [2.45, 2.75) is 32.1 Å². The molecule has 0 aromatic rings. The third-order valence-electron chi connectivity index (χ3n) is 4.36. The molecule has 3 unspecified atom stereocenters. The first-order valence-electron chi connectivity index (χ1n) is 6.55. The molecular weight excluding hydrogens is 258 g/mol. The smallest absolute Gasteiger partial charge is 0.232 e. The van der Waals surface area contributed by atoms with E-state index in [1.54, 1.807) is 0 Å². The molecule has 3 nitrogen and oxygen atoms in total. The molecule has 0 aromatic heterocycles. The normalized spacial score (nSPS) is 32.5. The van der Waals surface area contributed by atoms with Crippen LogP contribution in [-0.2, 0) is 9.05 Å². The highest BCUT2D eigenvalue weighted by Gasteiger charge is 2.39. The molecule has 0 radical (unpaired) electrons. The first-order valence-corrected chi connectivity index (χ1v) is 9.03. The van der Waals surface area contributed by atoms with Crippen molar-refractivity contribution >= 4 is 19.7 Å². The van der Waals surface area contributed by atoms with Crippen molar-refractivity contribution in [3.05, 3.63) is 0 Å². The molecule has 0 heterocycles. The molecule has 0 N–H and O–H groups in total. The van der Waals surface area contributed by atoms with E-state index < -0.39 is 9.05 Å². The molecule has 3 atom stereocenters. The summed E-state index contributed by atoms with van der Waals surface area (Å²) in [4.78, 5) is 2.27. The molecular formula is C12H22ClNO2S. The maximum absolute atomic E-state index is 10.8. The largest absolute Gasteiger partial charge is 0.306 e. The van der Waals surface area contributed by atoms with Crippen LogP contribution in [0.3, 0.4) is 0 Å². The van der Waals surface area contributed by atoms with Crippen molar-refractivity contribution in [1.82, 2.24) is 4.90 Å². The Kier molecular flexibility index (Phi) is 4.37. The van der Waals surface area contributed by atoms with Crippen LogP contribution in [0.1, 0.15) is 32.1 Å². The lowest BCUT2D eigenvalue weighted by molar-refractivity contribution is 0.220. The minimum Gasteiger partial charge on any atom is -0.306 e. The molecule has 2 fully saturated rings. The van der Waals surface area contributed by atoms with Crippen LogP contribution in [0.15, 0.2) is 0 Å². The van der Waals surface area contributed by atoms with Crippen LogP contribution in [-0.4, -0.2) is 39.2 Å². The molecule has 2 rings (SSSR count). The van der Waals surface area contributed by atoms with E-state index in [-0.39, 0.29) is 5.75 Å². The first-order chi connectivity index (χ1) is 7.94. The third kappa shape index (κ3) is 4.11. The summed E-state index contributed by atoms with van der Waals surface area (Å²) < 4.78 is 21.6. The van der Waals surface area contributed by atoms with Gasteiger partial charge in [0.05, 0.1) is 5.75 Å². The van der Waals surface area contributed by atoms with Gasteiger partial charge in [-0.05, 0) is 57.0 Å². The minimum atomic E-state index is -3.31. The monoisotopic (exact) mass is 279 g/mol. The molecule has 2 saturated carbocycles. The van der Waals surface area contributed by atoms with E-state index in [0.717, 1.165) is 30.8 Å². The van der Waals surface area contributed by atoms with Gasteiger partial charge in [-0.1, -0.05) is 6.42 Å². The standard InChI is InChI=1S/C12H22ClNO2S/c1-14(5-2-6-17(13,15)16)9-12-8-10-3-4-11(12)7-10/h10-12H,2-9H2,1H3. The van der Waals surface area contributed by atoms with Crippen LogP contribution in [0, 0.1) is 17.8 Å². The molecule has 2 aliphatic rings. The topological polar surface area (TPSA) is 37.4 Å². The van der Waals surface area contributed by atoms with Crippen LogP contribution in [0.5, 0.6) is 0 Å². The fraction of sp³-hybridized carbons (Fsp3) is 1.00. The SMILES string of the molecule is CN(CCCS(=O)(=O)Cl)CC1CC2CCC1C2. The highest BCUT2D eigenvalue weighted by atomic mass is 35.7. The van der Waals surface area contributed by atoms with Crippen LogP contribution in [0.4, 0.5) is 0 Å². The van der Waals surface area contributed by atoms with Gasteiger partial charge in [0.2, 0.25) is 9.05 Å². The third-order valence-corrected chi connectivity index (χ3v) is 5.60. The summed E-state index contributed by atoms with van der Waals surface area (Å²) in [5.41, 5.74) is 0. The average molecular weight is 280 g/mol. The lowest BCUT2D eigenvalue weighted by atomic mass is 9.88. The number of fused-ring (bicyclic) bond motifs is 2. The van der Waals surface area contributed by atoms with E-state index in [1.807, 2.05) is 0 Å². The molecule has 5 heteroatoms. The second-order valence-corrected chi connectivity index (χ2v) is 8.69. The molecule has 0 spiro atoms. The van der Waals surface area contributed by atoms with Gasteiger partial charge >= 0.3 is 0 Å². The van der Waals surface area contributed by atoms with Crippen molar-refractivity contribution in [3.63, 3.8) is 0 Å². The maximum Gasteiger partial charge on any atom is 0.232 e. The Hall–Kier alpha value is 0.200. The number of hydrogen-bond donors (Lipinski definition) is 0. The van der Waals surface area contributed by atoms with Gasteiger partial charge in [-0.25, -0.2) is 8.42 Å². The summed E-state index contributed by atoms with van der Waals surface area (Å²) in [5, 5.41) is 0. The Balaban J connectivity index is 1.66. The zero-order chi connectivity index (χ0) is 12.5. The Morgan fingerprint density at radius 1 is 1.29 bits per heavy atom. The maximum atomic E-state index is 10.8. The number of halogens is 1. The first kappa shape index (κ1) is 13.6. The van der Waals surface area contributed by atoms with Crippen molar-refractivity contribution in [2.24, 2.45) is 17.8 Å². The Morgan fingerprint density at radius 3 is 2.59 bits per heavy atom. The highest BCUT2D eigenvalue weighted by Crippen LogP contribution is 2.48. The average Bonchev–Trinajstić information content (AvgIpc) is 2.76. The molecule has 2 bridgehead atoms. The summed E-state index contributed by atoms with van der Waals surface area (Å²) >= 11 is 0. The van der Waals surface area contributed by atoms with E-state index >= 15 is 0 Å². The van der Waals surface area contributed by atoms with Gasteiger partial charge in [-0.3, -0.25) is 0 Å². The summed E-state index contributed by atoms with van der Waals surface area (Å²) in [5.74, 6) is 2.88. The van der Waals surface area contributed by atoms with Crippen molar-refractivity contribution in [3.8, 4) is 0 Å². The zero-order valence-electron chi connectivity index (χ0n) is 10.4. The Morgan fingerprint density at radius 2 is 2.06 bits per heavy atom. The van der Waals surface area contributed by atoms with Gasteiger partial charge in [0.25, 0.3) is 0 Å². The van der Waals surface area contributed by atoms with Crippen molar-refractivity contribution < 1.29 is 8.42 Å². The Bertz CT molecular complexity index is 358. The predicted octanol–water partition coefficient (Wildman–Crippen LogP) is 2.31. The second kappa shape index (κ2) is 5.45. The van der Waals surface area contributed by atoms with E-state index in [4.69, 9.17) is 10.7 Å². The fourth-order valence-corrected chi connectivity index (χ4v) is 4.40. The van der Waals surface area contributed by atoms with E-state index in [2.05, 4.69) is 11.9 Å². The minimum absolute atomic E-state index is 0.0929. The van der Waals surface area contributed by atoms with Crippen LogP contribution >= 0.6 is 10.7 Å². The lowest BCUT2D eigenvalue weighted by Crippen LogP contribution is -2.30. The molecule has 0 saturated heterocycles. The Labute approximate surface area is 109 Å². The molecule has 0 aromatic carbocycles. The summed E-state index contributed by atoms with van der Waals surface area (Å²) in [6.07, 6.45) is 6.33. The molecule has 2 aliphatic carbocycles. The summed E-state index contributed by atoms with van der Waals surface area (Å²) in [6.45, 7) is 1.96. The van der Waals surface area contributed by atoms with E-state index in [9.17, 15) is 8.42 Å². The van der Waals surface area contributed by atoms with E-state index in [1.165, 1.54) is 25.7 Å². The number of hydrogen-bond acceptors (Lipinski definition) is 3. The summed E-state index contributed by atoms with van der Waals surface area (Å²) in [6, 6.07) is 0. The van der Waals surface area contributed by atoms with Gasteiger partial charge in [-0.2, -0.15) is 0 Å². The van der Waals surface area contributed by atoms with Crippen LogP contribution in [0.25, 0.3) is 0 Å².